The molecule has 3 amide bonds. The van der Waals surface area contributed by atoms with E-state index in [9.17, 15) is 14.4 Å². The van der Waals surface area contributed by atoms with Crippen LogP contribution in [-0.4, -0.2) is 99.6 Å². The van der Waals surface area contributed by atoms with E-state index in [-0.39, 0.29) is 35.9 Å². The molecule has 4 heterocycles. The Morgan fingerprint density at radius 1 is 0.810 bits per heavy atom. The number of carbonyl (C=O) groups excluding carboxylic acids is 3. The number of imidazole rings is 2. The second-order valence-corrected chi connectivity index (χ2v) is 23.2. The Morgan fingerprint density at radius 3 is 2.08 bits per heavy atom. The van der Waals surface area contributed by atoms with Gasteiger partial charge in [-0.3, -0.25) is 14.5 Å². The molecule has 0 saturated carbocycles. The molecule has 4 atom stereocenters. The third-order valence-electron chi connectivity index (χ3n) is 12.9. The van der Waals surface area contributed by atoms with Crippen LogP contribution in [0.4, 0.5) is 4.79 Å². The highest BCUT2D eigenvalue weighted by atomic mass is 28.3. The number of amides is 3. The fourth-order valence-electron chi connectivity index (χ4n) is 9.54. The Balaban J connectivity index is 0.956. The van der Waals surface area contributed by atoms with Crippen molar-refractivity contribution in [3.05, 3.63) is 120 Å². The van der Waals surface area contributed by atoms with E-state index >= 15 is 0 Å². The van der Waals surface area contributed by atoms with Crippen LogP contribution < -0.4 is 5.32 Å². The number of hydrogen-bond acceptors (Lipinski definition) is 7. The van der Waals surface area contributed by atoms with Crippen molar-refractivity contribution in [2.24, 2.45) is 5.92 Å². The first-order chi connectivity index (χ1) is 30.4. The van der Waals surface area contributed by atoms with Crippen LogP contribution in [-0.2, 0) is 14.3 Å². The summed E-state index contributed by atoms with van der Waals surface area (Å²) in [4.78, 5) is 63.4. The van der Waals surface area contributed by atoms with Gasteiger partial charge < -0.3 is 29.8 Å². The molecule has 0 unspecified atom stereocenters. The van der Waals surface area contributed by atoms with Crippen molar-refractivity contribution in [1.82, 2.24) is 40.0 Å². The lowest BCUT2D eigenvalue weighted by atomic mass is 9.99. The third kappa shape index (κ3) is 9.07. The fraction of sp³-hybridized carbons (Fsp3) is 0.380. The lowest BCUT2D eigenvalue weighted by Crippen LogP contribution is -2.51. The largest absolute Gasteiger partial charge is 0.453 e. The summed E-state index contributed by atoms with van der Waals surface area (Å²) in [6.07, 6.45) is 3.75. The van der Waals surface area contributed by atoms with Gasteiger partial charge in [-0.25, -0.2) is 14.8 Å². The van der Waals surface area contributed by atoms with Crippen LogP contribution in [0.25, 0.3) is 44.5 Å². The molecule has 2 fully saturated rings. The molecule has 328 valence electrons. The summed E-state index contributed by atoms with van der Waals surface area (Å²) in [6.45, 7) is 15.0. The summed E-state index contributed by atoms with van der Waals surface area (Å²) in [7, 11) is -0.389. The van der Waals surface area contributed by atoms with E-state index in [1.165, 1.54) is 7.11 Å². The number of likely N-dealkylation sites (tertiary alicyclic amines) is 1. The lowest BCUT2D eigenvalue weighted by Gasteiger charge is -2.34. The predicted octanol–water partition coefficient (Wildman–Crippen LogP) is 9.55. The van der Waals surface area contributed by atoms with Gasteiger partial charge in [-0.2, -0.15) is 0 Å². The Kier molecular flexibility index (Phi) is 12.7. The first-order valence-electron chi connectivity index (χ1n) is 22.4. The quantitative estimate of drug-likeness (QED) is 0.0984. The van der Waals surface area contributed by atoms with Gasteiger partial charge in [-0.15, -0.1) is 0 Å². The number of aromatic amines is 2. The summed E-state index contributed by atoms with van der Waals surface area (Å²) in [6, 6.07) is 33.2. The van der Waals surface area contributed by atoms with Gasteiger partial charge in [0, 0.05) is 12.7 Å². The van der Waals surface area contributed by atoms with Crippen molar-refractivity contribution in [3.8, 4) is 33.5 Å². The van der Waals surface area contributed by atoms with Gasteiger partial charge in [0.2, 0.25) is 11.8 Å². The van der Waals surface area contributed by atoms with Crippen LogP contribution in [0.3, 0.4) is 0 Å². The smallest absolute Gasteiger partial charge is 0.407 e. The number of methoxy groups -OCH3 is 1. The second kappa shape index (κ2) is 18.3. The first kappa shape index (κ1) is 43.6. The molecule has 12 nitrogen and oxygen atoms in total. The maximum Gasteiger partial charge on any atom is 0.407 e. The summed E-state index contributed by atoms with van der Waals surface area (Å²) in [5.74, 6) is 1.54. The minimum atomic E-state index is -1.69. The van der Waals surface area contributed by atoms with Crippen LogP contribution in [0.1, 0.15) is 75.9 Å². The van der Waals surface area contributed by atoms with Crippen LogP contribution in [0.2, 0.25) is 19.1 Å². The normalized spacial score (nSPS) is 18.3. The zero-order valence-electron chi connectivity index (χ0n) is 37.5. The average Bonchev–Trinajstić information content (AvgIpc) is 4.13. The number of likely N-dealkylation sites (N-methyl/N-ethyl adjacent to an activating group) is 1. The van der Waals surface area contributed by atoms with Gasteiger partial charge in [0.1, 0.15) is 23.7 Å². The van der Waals surface area contributed by atoms with Gasteiger partial charge in [-0.05, 0) is 83.4 Å². The standard InChI is InChI=1S/C50H60N8O4Si/c1-8-56(9-2)45(37-14-11-10-12-15-37)49(60)58-31-63(6,7)30-43(58)46-51-29-41(54-46)36-23-21-34(22-24-36)33-17-19-35(20-18-33)38-25-26-39-40(28-38)53-47(52-39)42-16-13-27-57(42)48(59)44(32(3)4)55-50(61)62-5/h10-12,14-15,17-26,28-29,32,42-45H,8-9,13,16,27,30-31H2,1-7H3,(H,51,54)(H,52,53)(H,55,61)/t42-,43-,44-,45+/m0/s1. The highest BCUT2D eigenvalue weighted by molar-refractivity contribution is 6.78. The minimum absolute atomic E-state index is 0.0857. The summed E-state index contributed by atoms with van der Waals surface area (Å²) >= 11 is 0. The highest BCUT2D eigenvalue weighted by Crippen LogP contribution is 2.40. The Hall–Kier alpha value is -6.05. The highest BCUT2D eigenvalue weighted by Gasteiger charge is 2.46. The number of H-pyrrole nitrogens is 2. The predicted molar refractivity (Wildman–Crippen MR) is 251 cm³/mol. The number of carbonyl (C=O) groups is 3. The van der Waals surface area contributed by atoms with Crippen molar-refractivity contribution >= 4 is 37.0 Å². The molecule has 2 aliphatic heterocycles. The van der Waals surface area contributed by atoms with E-state index in [4.69, 9.17) is 14.7 Å². The number of fused-ring (bicyclic) bond motifs is 1. The number of aromatic nitrogens is 4. The summed E-state index contributed by atoms with van der Waals surface area (Å²) in [5.41, 5.74) is 9.12. The molecule has 0 spiro atoms. The topological polar surface area (TPSA) is 140 Å². The number of alkyl carbamates (subject to hydrolysis) is 1. The number of nitrogens with zero attached hydrogens (tertiary/aromatic N) is 5. The van der Waals surface area contributed by atoms with E-state index < -0.39 is 20.2 Å². The van der Waals surface area contributed by atoms with Crippen LogP contribution in [0, 0.1) is 5.92 Å². The molecule has 13 heteroatoms. The summed E-state index contributed by atoms with van der Waals surface area (Å²) < 4.78 is 4.79. The van der Waals surface area contributed by atoms with E-state index in [1.807, 2.05) is 49.2 Å². The van der Waals surface area contributed by atoms with Crippen molar-refractivity contribution in [2.75, 3.05) is 32.9 Å². The van der Waals surface area contributed by atoms with Gasteiger partial charge in [0.25, 0.3) is 0 Å². The number of benzene rings is 4. The van der Waals surface area contributed by atoms with E-state index in [0.717, 1.165) is 99.9 Å². The molecule has 6 aromatic rings. The molecule has 2 aromatic heterocycles. The third-order valence-corrected chi connectivity index (χ3v) is 15.6. The molecule has 2 saturated heterocycles. The zero-order chi connectivity index (χ0) is 44.4. The molecule has 2 aliphatic rings. The molecule has 8 rings (SSSR count). The number of nitrogens with one attached hydrogen (secondary N) is 3. The lowest BCUT2D eigenvalue weighted by molar-refractivity contribution is -0.138. The van der Waals surface area contributed by atoms with Crippen LogP contribution in [0.5, 0.6) is 0 Å². The van der Waals surface area contributed by atoms with E-state index in [0.29, 0.717) is 6.54 Å². The molecule has 63 heavy (non-hydrogen) atoms. The molecular formula is C50H60N8O4Si. The fourth-order valence-corrected chi connectivity index (χ4v) is 12.4. The Morgan fingerprint density at radius 2 is 1.44 bits per heavy atom. The van der Waals surface area contributed by atoms with Crippen molar-refractivity contribution < 1.29 is 19.1 Å². The van der Waals surface area contributed by atoms with Crippen LogP contribution >= 0.6 is 0 Å². The molecule has 0 aliphatic carbocycles. The maximum atomic E-state index is 14.6. The van der Waals surface area contributed by atoms with Gasteiger partial charge in [-0.1, -0.05) is 126 Å². The average molecular weight is 865 g/mol. The molecule has 0 bridgehead atoms. The second-order valence-electron chi connectivity index (χ2n) is 18.1. The Labute approximate surface area is 371 Å². The molecule has 0 radical (unpaired) electrons. The first-order valence-corrected chi connectivity index (χ1v) is 25.8. The van der Waals surface area contributed by atoms with Gasteiger partial charge in [0.05, 0.1) is 50.2 Å². The van der Waals surface area contributed by atoms with E-state index in [1.54, 1.807) is 0 Å². The minimum Gasteiger partial charge on any atom is -0.453 e. The van der Waals surface area contributed by atoms with E-state index in [2.05, 4.69) is 125 Å². The zero-order valence-corrected chi connectivity index (χ0v) is 38.5. The molecule has 3 N–H and O–H groups in total. The van der Waals surface area contributed by atoms with Gasteiger partial charge >= 0.3 is 6.09 Å². The SMILES string of the molecule is CCN(CC)[C@@H](C(=O)N1C[Si](C)(C)C[C@H]1c1ncc(-c2ccc(-c3ccc(-c4ccc5[nH]c([C@@H]6CCCN6C(=O)[C@@H](NC(=O)OC)C(C)C)nc5c4)cc3)cc2)[nH]1)c1ccccc1. The summed E-state index contributed by atoms with van der Waals surface area (Å²) in [5, 5.41) is 2.72. The van der Waals surface area contributed by atoms with Crippen molar-refractivity contribution in [3.63, 3.8) is 0 Å². The maximum absolute atomic E-state index is 14.6. The number of hydrogen-bond donors (Lipinski definition) is 3. The Bertz CT molecular complexity index is 2550. The number of rotatable bonds is 13. The van der Waals surface area contributed by atoms with Crippen molar-refractivity contribution in [2.45, 2.75) is 83.8 Å². The van der Waals surface area contributed by atoms with Gasteiger partial charge in [0.15, 0.2) is 0 Å². The molecular weight excluding hydrogens is 805 g/mol. The van der Waals surface area contributed by atoms with Crippen molar-refractivity contribution in [1.29, 1.82) is 0 Å². The monoisotopic (exact) mass is 864 g/mol. The number of ether oxygens (including phenoxy) is 1. The van der Waals surface area contributed by atoms with Crippen LogP contribution in [0.15, 0.2) is 103 Å². The molecule has 4 aromatic carbocycles.